The number of hydrogen-bond donors (Lipinski definition) is 1. The Labute approximate surface area is 106 Å². The van der Waals surface area contributed by atoms with Gasteiger partial charge >= 0.3 is 0 Å². The van der Waals surface area contributed by atoms with E-state index in [-0.39, 0.29) is 19.0 Å². The molecule has 0 aliphatic heterocycles. The van der Waals surface area contributed by atoms with Crippen molar-refractivity contribution in [2.75, 3.05) is 13.2 Å². The monoisotopic (exact) mass is 242 g/mol. The van der Waals surface area contributed by atoms with Crippen LogP contribution in [0.25, 0.3) is 0 Å². The molecule has 0 saturated carbocycles. The summed E-state index contributed by atoms with van der Waals surface area (Å²) in [6.45, 7) is 0.104. The second-order valence-corrected chi connectivity index (χ2v) is 3.76. The highest BCUT2D eigenvalue weighted by Crippen LogP contribution is 2.21. The Bertz CT molecular complexity index is 520. The number of rotatable bonds is 5. The van der Waals surface area contributed by atoms with E-state index in [2.05, 4.69) is 0 Å². The fourth-order valence-corrected chi connectivity index (χ4v) is 1.68. The van der Waals surface area contributed by atoms with Gasteiger partial charge in [0.15, 0.2) is 5.78 Å². The van der Waals surface area contributed by atoms with Gasteiger partial charge in [-0.1, -0.05) is 42.5 Å². The van der Waals surface area contributed by atoms with Crippen molar-refractivity contribution in [3.63, 3.8) is 0 Å². The molecule has 0 fully saturated rings. The zero-order valence-corrected chi connectivity index (χ0v) is 9.87. The van der Waals surface area contributed by atoms with Gasteiger partial charge in [-0.25, -0.2) is 0 Å². The summed E-state index contributed by atoms with van der Waals surface area (Å²) in [5.74, 6) is 0.421. The lowest BCUT2D eigenvalue weighted by Crippen LogP contribution is -2.08. The van der Waals surface area contributed by atoms with E-state index in [0.717, 1.165) is 0 Å². The maximum absolute atomic E-state index is 12.3. The zero-order valence-electron chi connectivity index (χ0n) is 9.87. The van der Waals surface area contributed by atoms with Crippen molar-refractivity contribution in [3.05, 3.63) is 65.7 Å². The summed E-state index contributed by atoms with van der Waals surface area (Å²) in [7, 11) is 0. The highest BCUT2D eigenvalue weighted by Gasteiger charge is 2.13. The SMILES string of the molecule is O=C(c1ccccc1)c1ccccc1OCCO. The number of ether oxygens (including phenoxy) is 1. The average molecular weight is 242 g/mol. The van der Waals surface area contributed by atoms with E-state index in [1.807, 2.05) is 18.2 Å². The summed E-state index contributed by atoms with van der Waals surface area (Å²) < 4.78 is 5.36. The molecule has 0 aliphatic carbocycles. The molecule has 0 amide bonds. The second kappa shape index (κ2) is 5.98. The molecule has 0 bridgehead atoms. The number of para-hydroxylation sites is 1. The van der Waals surface area contributed by atoms with Gasteiger partial charge in [-0.2, -0.15) is 0 Å². The number of aliphatic hydroxyl groups excluding tert-OH is 1. The smallest absolute Gasteiger partial charge is 0.196 e. The first-order chi connectivity index (χ1) is 8.83. The maximum atomic E-state index is 12.3. The highest BCUT2D eigenvalue weighted by atomic mass is 16.5. The lowest BCUT2D eigenvalue weighted by molar-refractivity contribution is 0.103. The molecule has 18 heavy (non-hydrogen) atoms. The van der Waals surface area contributed by atoms with Crippen molar-refractivity contribution in [2.24, 2.45) is 0 Å². The van der Waals surface area contributed by atoms with E-state index in [1.165, 1.54) is 0 Å². The molecule has 0 heterocycles. The lowest BCUT2D eigenvalue weighted by atomic mass is 10.0. The van der Waals surface area contributed by atoms with Gasteiger partial charge < -0.3 is 9.84 Å². The third kappa shape index (κ3) is 2.76. The summed E-state index contributed by atoms with van der Waals surface area (Å²) >= 11 is 0. The molecule has 3 heteroatoms. The first-order valence-electron chi connectivity index (χ1n) is 5.75. The van der Waals surface area contributed by atoms with Crippen LogP contribution in [0.2, 0.25) is 0 Å². The van der Waals surface area contributed by atoms with E-state index in [1.54, 1.807) is 36.4 Å². The largest absolute Gasteiger partial charge is 0.490 e. The maximum Gasteiger partial charge on any atom is 0.196 e. The number of benzene rings is 2. The van der Waals surface area contributed by atoms with Gasteiger partial charge in [-0.15, -0.1) is 0 Å². The predicted molar refractivity (Wildman–Crippen MR) is 68.9 cm³/mol. The molecule has 0 unspecified atom stereocenters. The van der Waals surface area contributed by atoms with Gasteiger partial charge in [-0.3, -0.25) is 4.79 Å². The number of aliphatic hydroxyl groups is 1. The van der Waals surface area contributed by atoms with Crippen molar-refractivity contribution >= 4 is 5.78 Å². The molecule has 0 aromatic heterocycles. The molecule has 0 radical (unpaired) electrons. The van der Waals surface area contributed by atoms with Crippen LogP contribution in [0.1, 0.15) is 15.9 Å². The molecule has 2 aromatic carbocycles. The highest BCUT2D eigenvalue weighted by molar-refractivity contribution is 6.10. The number of carbonyl (C=O) groups excluding carboxylic acids is 1. The number of hydrogen-bond acceptors (Lipinski definition) is 3. The fourth-order valence-electron chi connectivity index (χ4n) is 1.68. The van der Waals surface area contributed by atoms with Gasteiger partial charge in [0.2, 0.25) is 0 Å². The molecule has 1 N–H and O–H groups in total. The van der Waals surface area contributed by atoms with Crippen LogP contribution in [-0.4, -0.2) is 24.1 Å². The number of ketones is 1. The predicted octanol–water partition coefficient (Wildman–Crippen LogP) is 2.29. The normalized spacial score (nSPS) is 10.1. The van der Waals surface area contributed by atoms with E-state index in [0.29, 0.717) is 16.9 Å². The van der Waals surface area contributed by atoms with Crippen LogP contribution in [0, 0.1) is 0 Å². The van der Waals surface area contributed by atoms with Gasteiger partial charge in [0.1, 0.15) is 12.4 Å². The average Bonchev–Trinajstić information content (AvgIpc) is 2.45. The van der Waals surface area contributed by atoms with Crippen molar-refractivity contribution < 1.29 is 14.6 Å². The van der Waals surface area contributed by atoms with Crippen molar-refractivity contribution in [1.29, 1.82) is 0 Å². The van der Waals surface area contributed by atoms with Crippen LogP contribution < -0.4 is 4.74 Å². The van der Waals surface area contributed by atoms with Crippen molar-refractivity contribution in [3.8, 4) is 5.75 Å². The zero-order chi connectivity index (χ0) is 12.8. The molecular weight excluding hydrogens is 228 g/mol. The summed E-state index contributed by atoms with van der Waals surface area (Å²) in [6.07, 6.45) is 0. The third-order valence-electron chi connectivity index (χ3n) is 2.52. The van der Waals surface area contributed by atoms with Crippen LogP contribution >= 0.6 is 0 Å². The molecule has 92 valence electrons. The topological polar surface area (TPSA) is 46.5 Å². The van der Waals surface area contributed by atoms with Crippen LogP contribution in [0.5, 0.6) is 5.75 Å². The molecule has 2 aromatic rings. The number of carbonyl (C=O) groups is 1. The molecule has 3 nitrogen and oxygen atoms in total. The molecule has 0 atom stereocenters. The quantitative estimate of drug-likeness (QED) is 0.818. The van der Waals surface area contributed by atoms with Gasteiger partial charge in [0, 0.05) is 5.56 Å². The van der Waals surface area contributed by atoms with Crippen LogP contribution in [0.3, 0.4) is 0 Å². The third-order valence-corrected chi connectivity index (χ3v) is 2.52. The second-order valence-electron chi connectivity index (χ2n) is 3.76. The van der Waals surface area contributed by atoms with Crippen LogP contribution in [-0.2, 0) is 0 Å². The van der Waals surface area contributed by atoms with E-state index in [9.17, 15) is 4.79 Å². The lowest BCUT2D eigenvalue weighted by Gasteiger charge is -2.09. The van der Waals surface area contributed by atoms with E-state index < -0.39 is 0 Å². The Kier molecular flexibility index (Phi) is 4.10. The van der Waals surface area contributed by atoms with E-state index in [4.69, 9.17) is 9.84 Å². The van der Waals surface area contributed by atoms with E-state index >= 15 is 0 Å². The standard InChI is InChI=1S/C15H14O3/c16-10-11-18-14-9-5-4-8-13(14)15(17)12-6-2-1-3-7-12/h1-9,16H,10-11H2. The molecule has 0 saturated heterocycles. The fraction of sp³-hybridized carbons (Fsp3) is 0.133. The first kappa shape index (κ1) is 12.3. The Hall–Kier alpha value is -2.13. The van der Waals surface area contributed by atoms with Crippen LogP contribution in [0.15, 0.2) is 54.6 Å². The molecule has 0 spiro atoms. The van der Waals surface area contributed by atoms with Crippen molar-refractivity contribution in [1.82, 2.24) is 0 Å². The Morgan fingerprint density at radius 3 is 2.39 bits per heavy atom. The Morgan fingerprint density at radius 1 is 1.00 bits per heavy atom. The first-order valence-corrected chi connectivity index (χ1v) is 5.75. The molecule has 0 aliphatic rings. The minimum atomic E-state index is -0.0795. The van der Waals surface area contributed by atoms with Gasteiger partial charge in [0.05, 0.1) is 12.2 Å². The van der Waals surface area contributed by atoms with Gasteiger partial charge in [0.25, 0.3) is 0 Å². The summed E-state index contributed by atoms with van der Waals surface area (Å²) in [5.41, 5.74) is 1.13. The Morgan fingerprint density at radius 2 is 1.67 bits per heavy atom. The molecular formula is C15H14O3. The summed E-state index contributed by atoms with van der Waals surface area (Å²) in [5, 5.41) is 8.76. The molecule has 2 rings (SSSR count). The summed E-state index contributed by atoms with van der Waals surface area (Å²) in [4.78, 5) is 12.3. The Balaban J connectivity index is 2.30. The van der Waals surface area contributed by atoms with Crippen molar-refractivity contribution in [2.45, 2.75) is 0 Å². The summed E-state index contributed by atoms with van der Waals surface area (Å²) in [6, 6.07) is 16.1. The van der Waals surface area contributed by atoms with Gasteiger partial charge in [-0.05, 0) is 12.1 Å². The minimum Gasteiger partial charge on any atom is -0.490 e. The van der Waals surface area contributed by atoms with Crippen LogP contribution in [0.4, 0.5) is 0 Å². The minimum absolute atomic E-state index is 0.0755.